The van der Waals surface area contributed by atoms with Gasteiger partial charge in [0.1, 0.15) is 23.7 Å². The fourth-order valence-corrected chi connectivity index (χ4v) is 2.28. The standard InChI is InChI=1S/C15H13F2N5/c1-20-15(19)14-11-5-2-8(6-22(11)7-21-14)12-9(16)3-4-10(18)13(12)17/h2-7H,18H2,1H3,(H2,19,20). The first-order chi connectivity index (χ1) is 10.5. The van der Waals surface area contributed by atoms with Crippen molar-refractivity contribution < 1.29 is 8.78 Å². The Hall–Kier alpha value is -2.96. The Bertz CT molecular complexity index is 898. The second-order valence-electron chi connectivity index (χ2n) is 4.74. The molecule has 1 aromatic carbocycles. The zero-order valence-electron chi connectivity index (χ0n) is 11.7. The van der Waals surface area contributed by atoms with Crippen molar-refractivity contribution in [3.8, 4) is 11.1 Å². The van der Waals surface area contributed by atoms with Crippen LogP contribution in [0.2, 0.25) is 0 Å². The molecule has 7 heteroatoms. The smallest absolute Gasteiger partial charge is 0.156 e. The fraction of sp³-hybridized carbons (Fsp3) is 0.0667. The monoisotopic (exact) mass is 301 g/mol. The van der Waals surface area contributed by atoms with Crippen LogP contribution in [-0.2, 0) is 0 Å². The maximum Gasteiger partial charge on any atom is 0.156 e. The number of aliphatic imine (C=N–C) groups is 1. The van der Waals surface area contributed by atoms with E-state index >= 15 is 0 Å². The minimum atomic E-state index is -0.783. The number of nitrogens with two attached hydrogens (primary N) is 2. The Labute approximate surface area is 124 Å². The van der Waals surface area contributed by atoms with Crippen molar-refractivity contribution in [1.82, 2.24) is 9.38 Å². The van der Waals surface area contributed by atoms with E-state index in [1.54, 1.807) is 29.8 Å². The van der Waals surface area contributed by atoms with E-state index in [-0.39, 0.29) is 17.1 Å². The highest BCUT2D eigenvalue weighted by molar-refractivity contribution is 6.01. The number of benzene rings is 1. The van der Waals surface area contributed by atoms with Crippen LogP contribution in [0.1, 0.15) is 5.69 Å². The van der Waals surface area contributed by atoms with Gasteiger partial charge in [-0.1, -0.05) is 6.07 Å². The molecule has 4 N–H and O–H groups in total. The number of hydrogen-bond donors (Lipinski definition) is 2. The van der Waals surface area contributed by atoms with Crippen LogP contribution in [0.25, 0.3) is 16.6 Å². The number of pyridine rings is 1. The summed E-state index contributed by atoms with van der Waals surface area (Å²) in [6.07, 6.45) is 3.07. The molecule has 0 saturated carbocycles. The summed E-state index contributed by atoms with van der Waals surface area (Å²) in [7, 11) is 1.56. The number of rotatable bonds is 2. The average Bonchev–Trinajstić information content (AvgIpc) is 2.94. The number of nitrogen functional groups attached to an aromatic ring is 1. The molecule has 0 aliphatic carbocycles. The SMILES string of the molecule is CN=C(N)c1ncn2cc(-c3c(F)ccc(N)c3F)ccc12. The lowest BCUT2D eigenvalue weighted by molar-refractivity contribution is 0.592. The zero-order valence-corrected chi connectivity index (χ0v) is 11.7. The first-order valence-corrected chi connectivity index (χ1v) is 6.46. The molecule has 0 saturated heterocycles. The van der Waals surface area contributed by atoms with Crippen LogP contribution in [0.3, 0.4) is 0 Å². The van der Waals surface area contributed by atoms with E-state index in [1.807, 2.05) is 0 Å². The molecule has 3 aromatic rings. The molecule has 0 aliphatic rings. The zero-order chi connectivity index (χ0) is 15.9. The van der Waals surface area contributed by atoms with Gasteiger partial charge >= 0.3 is 0 Å². The number of aromatic nitrogens is 2. The summed E-state index contributed by atoms with van der Waals surface area (Å²) in [5, 5.41) is 0. The van der Waals surface area contributed by atoms with Gasteiger partial charge in [-0.2, -0.15) is 0 Å². The van der Waals surface area contributed by atoms with E-state index in [4.69, 9.17) is 11.5 Å². The summed E-state index contributed by atoms with van der Waals surface area (Å²) in [5.74, 6) is -1.17. The van der Waals surface area contributed by atoms with Crippen molar-refractivity contribution in [1.29, 1.82) is 0 Å². The van der Waals surface area contributed by atoms with Gasteiger partial charge in [0.25, 0.3) is 0 Å². The third-order valence-electron chi connectivity index (χ3n) is 3.42. The maximum atomic E-state index is 14.1. The van der Waals surface area contributed by atoms with Crippen LogP contribution >= 0.6 is 0 Å². The first-order valence-electron chi connectivity index (χ1n) is 6.46. The van der Waals surface area contributed by atoms with E-state index in [2.05, 4.69) is 9.98 Å². The number of amidine groups is 1. The number of hydrogen-bond acceptors (Lipinski definition) is 3. The predicted octanol–water partition coefficient (Wildman–Crippen LogP) is 2.20. The molecule has 0 amide bonds. The summed E-state index contributed by atoms with van der Waals surface area (Å²) in [4.78, 5) is 8.04. The van der Waals surface area contributed by atoms with Crippen LogP contribution in [0, 0.1) is 11.6 Å². The highest BCUT2D eigenvalue weighted by atomic mass is 19.1. The molecule has 0 unspecified atom stereocenters. The van der Waals surface area contributed by atoms with E-state index < -0.39 is 11.6 Å². The Morgan fingerprint density at radius 1 is 1.23 bits per heavy atom. The van der Waals surface area contributed by atoms with Gasteiger partial charge in [0.15, 0.2) is 5.82 Å². The molecular weight excluding hydrogens is 288 g/mol. The molecule has 0 radical (unpaired) electrons. The lowest BCUT2D eigenvalue weighted by Crippen LogP contribution is -2.13. The van der Waals surface area contributed by atoms with Gasteiger partial charge in [-0.25, -0.2) is 13.8 Å². The predicted molar refractivity (Wildman–Crippen MR) is 81.6 cm³/mol. The molecule has 0 bridgehead atoms. The van der Waals surface area contributed by atoms with Crippen LogP contribution < -0.4 is 11.5 Å². The highest BCUT2D eigenvalue weighted by Gasteiger charge is 2.16. The maximum absolute atomic E-state index is 14.1. The summed E-state index contributed by atoms with van der Waals surface area (Å²) < 4.78 is 29.7. The Balaban J connectivity index is 2.21. The lowest BCUT2D eigenvalue weighted by atomic mass is 10.0. The topological polar surface area (TPSA) is 81.7 Å². The minimum Gasteiger partial charge on any atom is -0.396 e. The number of imidazole rings is 1. The molecule has 0 atom stereocenters. The van der Waals surface area contributed by atoms with Crippen molar-refractivity contribution >= 4 is 17.0 Å². The molecule has 2 aromatic heterocycles. The summed E-state index contributed by atoms with van der Waals surface area (Å²) in [6.45, 7) is 0. The Morgan fingerprint density at radius 3 is 2.73 bits per heavy atom. The van der Waals surface area contributed by atoms with Gasteiger partial charge in [0, 0.05) is 18.8 Å². The van der Waals surface area contributed by atoms with Crippen molar-refractivity contribution in [3.63, 3.8) is 0 Å². The molecule has 0 aliphatic heterocycles. The quantitative estimate of drug-likeness (QED) is 0.432. The fourth-order valence-electron chi connectivity index (χ4n) is 2.28. The summed E-state index contributed by atoms with van der Waals surface area (Å²) in [5.41, 5.74) is 12.5. The third-order valence-corrected chi connectivity index (χ3v) is 3.42. The van der Waals surface area contributed by atoms with E-state index in [1.165, 1.54) is 12.4 Å². The van der Waals surface area contributed by atoms with Crippen molar-refractivity contribution in [3.05, 3.63) is 54.1 Å². The second-order valence-corrected chi connectivity index (χ2v) is 4.74. The second kappa shape index (κ2) is 5.10. The van der Waals surface area contributed by atoms with Gasteiger partial charge in [-0.05, 0) is 18.2 Å². The van der Waals surface area contributed by atoms with Gasteiger partial charge in [0.05, 0.1) is 16.8 Å². The normalized spacial score (nSPS) is 12.0. The van der Waals surface area contributed by atoms with E-state index in [9.17, 15) is 8.78 Å². The van der Waals surface area contributed by atoms with Crippen LogP contribution in [0.5, 0.6) is 0 Å². The van der Waals surface area contributed by atoms with Gasteiger partial charge < -0.3 is 15.9 Å². The third kappa shape index (κ3) is 2.07. The summed E-state index contributed by atoms with van der Waals surface area (Å²) in [6, 6.07) is 5.60. The molecule has 0 spiro atoms. The van der Waals surface area contributed by atoms with Crippen LogP contribution in [0.4, 0.5) is 14.5 Å². The van der Waals surface area contributed by atoms with Crippen molar-refractivity contribution in [2.24, 2.45) is 10.7 Å². The van der Waals surface area contributed by atoms with Gasteiger partial charge in [0.2, 0.25) is 0 Å². The van der Waals surface area contributed by atoms with E-state index in [0.717, 1.165) is 6.07 Å². The Morgan fingerprint density at radius 2 is 2.00 bits per heavy atom. The highest BCUT2D eigenvalue weighted by Crippen LogP contribution is 2.29. The molecule has 5 nitrogen and oxygen atoms in total. The van der Waals surface area contributed by atoms with Gasteiger partial charge in [-0.3, -0.25) is 4.99 Å². The summed E-state index contributed by atoms with van der Waals surface area (Å²) >= 11 is 0. The first kappa shape index (κ1) is 14.0. The van der Waals surface area contributed by atoms with Crippen molar-refractivity contribution in [2.45, 2.75) is 0 Å². The molecule has 22 heavy (non-hydrogen) atoms. The molecule has 3 rings (SSSR count). The number of halogens is 2. The van der Waals surface area contributed by atoms with Crippen LogP contribution in [0.15, 0.2) is 41.8 Å². The molecule has 112 valence electrons. The molecular formula is C15H13F2N5. The largest absolute Gasteiger partial charge is 0.396 e. The molecule has 2 heterocycles. The minimum absolute atomic E-state index is 0.106. The van der Waals surface area contributed by atoms with E-state index in [0.29, 0.717) is 16.8 Å². The Kier molecular flexibility index (Phi) is 3.25. The lowest BCUT2D eigenvalue weighted by Gasteiger charge is -2.08. The number of anilines is 1. The number of nitrogens with zero attached hydrogens (tertiary/aromatic N) is 3. The van der Waals surface area contributed by atoms with Crippen LogP contribution in [-0.4, -0.2) is 22.3 Å². The number of fused-ring (bicyclic) bond motifs is 1. The molecule has 0 fully saturated rings. The van der Waals surface area contributed by atoms with Crippen molar-refractivity contribution in [2.75, 3.05) is 12.8 Å². The average molecular weight is 301 g/mol. The van der Waals surface area contributed by atoms with Gasteiger partial charge in [-0.15, -0.1) is 0 Å².